The fourth-order valence-corrected chi connectivity index (χ4v) is 10.3. The zero-order valence-corrected chi connectivity index (χ0v) is 36.9. The normalized spacial score (nSPS) is 18.1. The Morgan fingerprint density at radius 3 is 2.22 bits per heavy atom. The molecule has 0 spiro atoms. The molecule has 0 saturated heterocycles. The second kappa shape index (κ2) is 19.3. The SMILES string of the molecule is C=C(O)CCCC1=C2C(C)=CC(/C=C/c3ccccc3)=[N+]2S(C#CCCC(C)(C)CCC)(C#CCOC(C)(C)CCC(C)(C)C)n2c(C)cc(C)c21.CC. The molecular formula is C49H71N2O2S+. The van der Waals surface area contributed by atoms with Crippen LogP contribution in [-0.2, 0) is 4.74 Å². The number of hydrogen-bond donors (Lipinski definition) is 1. The summed E-state index contributed by atoms with van der Waals surface area (Å²) in [7, 11) is -2.31. The van der Waals surface area contributed by atoms with Crippen LogP contribution >= 0.6 is 10.4 Å². The number of ether oxygens (including phenoxy) is 1. The van der Waals surface area contributed by atoms with Crippen LogP contribution in [0.2, 0.25) is 0 Å². The molecule has 0 saturated carbocycles. The van der Waals surface area contributed by atoms with Gasteiger partial charge in [0.25, 0.3) is 0 Å². The van der Waals surface area contributed by atoms with Crippen molar-refractivity contribution in [3.63, 3.8) is 0 Å². The van der Waals surface area contributed by atoms with E-state index in [1.807, 2.05) is 13.8 Å². The monoisotopic (exact) mass is 752 g/mol. The van der Waals surface area contributed by atoms with Crippen molar-refractivity contribution in [2.24, 2.45) is 10.8 Å². The predicted molar refractivity (Wildman–Crippen MR) is 237 cm³/mol. The number of allylic oxidation sites excluding steroid dienone is 5. The molecule has 4 rings (SSSR count). The third kappa shape index (κ3) is 11.7. The number of rotatable bonds is 14. The van der Waals surface area contributed by atoms with Crippen LogP contribution in [0.25, 0.3) is 11.6 Å². The van der Waals surface area contributed by atoms with Crippen LogP contribution in [0.1, 0.15) is 156 Å². The van der Waals surface area contributed by atoms with Crippen LogP contribution in [0.5, 0.6) is 0 Å². The molecular weight excluding hydrogens is 681 g/mol. The first-order valence-electron chi connectivity index (χ1n) is 20.2. The third-order valence-corrected chi connectivity index (χ3v) is 12.8. The third-order valence-electron chi connectivity index (χ3n) is 10.0. The number of nitrogens with zero attached hydrogens (tertiary/aromatic N) is 2. The van der Waals surface area contributed by atoms with E-state index in [2.05, 4.69) is 168 Å². The van der Waals surface area contributed by atoms with Crippen molar-refractivity contribution in [2.75, 3.05) is 6.61 Å². The van der Waals surface area contributed by atoms with Crippen LogP contribution in [0.4, 0.5) is 0 Å². The highest BCUT2D eigenvalue weighted by Gasteiger charge is 2.51. The van der Waals surface area contributed by atoms with Crippen LogP contribution in [0.15, 0.2) is 72.2 Å². The minimum atomic E-state index is -2.31. The number of aliphatic hydroxyl groups excluding tert-OH is 1. The van der Waals surface area contributed by atoms with E-state index in [1.54, 1.807) is 0 Å². The molecule has 0 amide bonds. The maximum absolute atomic E-state index is 10.0. The van der Waals surface area contributed by atoms with E-state index in [0.717, 1.165) is 55.5 Å². The number of aromatic nitrogens is 1. The van der Waals surface area contributed by atoms with Crippen molar-refractivity contribution in [1.29, 1.82) is 0 Å². The quantitative estimate of drug-likeness (QED) is 0.119. The maximum atomic E-state index is 10.0. The molecule has 0 radical (unpaired) electrons. The maximum Gasteiger partial charge on any atom is 0.229 e. The summed E-state index contributed by atoms with van der Waals surface area (Å²) in [6.07, 6.45) is 15.2. The summed E-state index contributed by atoms with van der Waals surface area (Å²) in [5.74, 6) is 7.53. The average Bonchev–Trinajstić information content (AvgIpc) is 3.60. The van der Waals surface area contributed by atoms with E-state index >= 15 is 0 Å². The van der Waals surface area contributed by atoms with Gasteiger partial charge in [-0.1, -0.05) is 111 Å². The first-order chi connectivity index (χ1) is 25.4. The summed E-state index contributed by atoms with van der Waals surface area (Å²) >= 11 is 0. The fourth-order valence-electron chi connectivity index (χ4n) is 7.19. The van der Waals surface area contributed by atoms with Gasteiger partial charge in [0.1, 0.15) is 6.61 Å². The molecule has 2 aliphatic heterocycles. The molecule has 1 unspecified atom stereocenters. The largest absolute Gasteiger partial charge is 0.513 e. The van der Waals surface area contributed by atoms with Crippen molar-refractivity contribution < 1.29 is 13.8 Å². The summed E-state index contributed by atoms with van der Waals surface area (Å²) in [4.78, 5) is 0. The van der Waals surface area contributed by atoms with Gasteiger partial charge >= 0.3 is 0 Å². The molecule has 0 bridgehead atoms. The van der Waals surface area contributed by atoms with Crippen LogP contribution in [0, 0.1) is 47.0 Å². The predicted octanol–water partition coefficient (Wildman–Crippen LogP) is 13.9. The lowest BCUT2D eigenvalue weighted by Gasteiger charge is -2.35. The number of benzene rings is 1. The summed E-state index contributed by atoms with van der Waals surface area (Å²) in [6.45, 7) is 33.0. The van der Waals surface area contributed by atoms with Crippen molar-refractivity contribution in [3.8, 4) is 22.3 Å². The van der Waals surface area contributed by atoms with Gasteiger partial charge in [0, 0.05) is 46.8 Å². The summed E-state index contributed by atoms with van der Waals surface area (Å²) in [5, 5.41) is 17.9. The van der Waals surface area contributed by atoms with Gasteiger partial charge in [0.2, 0.25) is 11.4 Å². The minimum Gasteiger partial charge on any atom is -0.513 e. The van der Waals surface area contributed by atoms with Gasteiger partial charge in [0.05, 0.1) is 22.6 Å². The summed E-state index contributed by atoms with van der Waals surface area (Å²) in [6, 6.07) is 12.8. The van der Waals surface area contributed by atoms with Gasteiger partial charge in [-0.05, 0) is 107 Å². The molecule has 1 aromatic heterocycles. The molecule has 1 atom stereocenters. The van der Waals surface area contributed by atoms with Gasteiger partial charge in [-0.2, -0.15) is 0 Å². The molecule has 2 aromatic rings. The molecule has 1 N–H and O–H groups in total. The highest BCUT2D eigenvalue weighted by molar-refractivity contribution is 8.35. The second-order valence-electron chi connectivity index (χ2n) is 17.3. The molecule has 4 nitrogen and oxygen atoms in total. The number of hydrogen-bond acceptors (Lipinski definition) is 2. The Labute approximate surface area is 332 Å². The zero-order chi connectivity index (χ0) is 40.3. The Kier molecular flexibility index (Phi) is 16.0. The smallest absolute Gasteiger partial charge is 0.229 e. The molecule has 1 aromatic carbocycles. The van der Waals surface area contributed by atoms with E-state index in [9.17, 15) is 5.11 Å². The molecule has 2 aliphatic rings. The first kappa shape index (κ1) is 44.8. The highest BCUT2D eigenvalue weighted by atomic mass is 32.3. The number of aryl methyl sites for hydroxylation is 2. The van der Waals surface area contributed by atoms with Gasteiger partial charge in [0.15, 0.2) is 10.4 Å². The van der Waals surface area contributed by atoms with Crippen molar-refractivity contribution >= 4 is 27.8 Å². The Balaban J connectivity index is 0.00000385. The van der Waals surface area contributed by atoms with Gasteiger partial charge in [-0.3, -0.25) is 0 Å². The molecule has 0 fully saturated rings. The molecule has 54 heavy (non-hydrogen) atoms. The van der Waals surface area contributed by atoms with Gasteiger partial charge in [-0.15, -0.1) is 3.98 Å². The molecule has 3 heterocycles. The van der Waals surface area contributed by atoms with Crippen molar-refractivity contribution in [2.45, 2.75) is 153 Å². The van der Waals surface area contributed by atoms with Crippen LogP contribution in [0.3, 0.4) is 0 Å². The lowest BCUT2D eigenvalue weighted by molar-refractivity contribution is -0.283. The van der Waals surface area contributed by atoms with Crippen molar-refractivity contribution in [3.05, 3.63) is 94.7 Å². The van der Waals surface area contributed by atoms with Gasteiger partial charge < -0.3 is 9.84 Å². The molecule has 294 valence electrons. The highest BCUT2D eigenvalue weighted by Crippen LogP contribution is 2.60. The van der Waals surface area contributed by atoms with E-state index in [4.69, 9.17) is 4.74 Å². The fraction of sp³-hybridized carbons (Fsp3) is 0.531. The zero-order valence-electron chi connectivity index (χ0n) is 36.1. The lowest BCUT2D eigenvalue weighted by Crippen LogP contribution is -2.30. The average molecular weight is 752 g/mol. The second-order valence-corrected chi connectivity index (χ2v) is 19.5. The Bertz CT molecular complexity index is 1870. The van der Waals surface area contributed by atoms with Crippen molar-refractivity contribution in [1.82, 2.24) is 3.97 Å². The standard InChI is InChI=1S/C47H64N2O2S.C2H6/c1-13-27-46(9,10)28-17-18-32-52(33-20-31-51-47(11,12)30-29-45(6,7)8)48-38(4)34-36(2)43(48)42(24-19-21-39(5)50)44-37(3)35-41(49(44)52)26-25-40-22-15-14-16-23-40;1-2/h14-16,22-23,25-26,34-35H,5,13,17,19,21,24,27-31H2,1-4,6-12H3;1-2H3/p+1/b26-25+;. The summed E-state index contributed by atoms with van der Waals surface area (Å²) < 4.78 is 11.5. The Hall–Kier alpha value is -3.64. The summed E-state index contributed by atoms with van der Waals surface area (Å²) in [5.41, 5.74) is 9.71. The topological polar surface area (TPSA) is 37.4 Å². The number of aliphatic hydroxyl groups is 1. The molecule has 5 heteroatoms. The van der Waals surface area contributed by atoms with E-state index < -0.39 is 10.4 Å². The first-order valence-corrected chi connectivity index (χ1v) is 21.8. The Morgan fingerprint density at radius 1 is 0.926 bits per heavy atom. The molecule has 0 aliphatic carbocycles. The lowest BCUT2D eigenvalue weighted by atomic mass is 9.84. The van der Waals surface area contributed by atoms with Crippen LogP contribution < -0.4 is 0 Å². The van der Waals surface area contributed by atoms with E-state index in [0.29, 0.717) is 13.0 Å². The van der Waals surface area contributed by atoms with Crippen LogP contribution in [-0.4, -0.2) is 31.0 Å². The van der Waals surface area contributed by atoms with E-state index in [1.165, 1.54) is 40.9 Å². The van der Waals surface area contributed by atoms with Gasteiger partial charge in [-0.25, -0.2) is 3.97 Å². The number of fused-ring (bicyclic) bond motifs is 2. The minimum absolute atomic E-state index is 0.228. The van der Waals surface area contributed by atoms with E-state index in [-0.39, 0.29) is 22.2 Å². The Morgan fingerprint density at radius 2 is 1.59 bits per heavy atom.